The molecule has 4 rings (SSSR count). The number of esters is 1. The number of hydrazine groups is 1. The number of amides is 1. The van der Waals surface area contributed by atoms with Crippen LogP contribution in [0.1, 0.15) is 60.3 Å². The number of rotatable bonds is 9. The predicted octanol–water partition coefficient (Wildman–Crippen LogP) is 4.77. The monoisotopic (exact) mass is 622 g/mol. The zero-order valence-electron chi connectivity index (χ0n) is 21.8. The summed E-state index contributed by atoms with van der Waals surface area (Å²) in [7, 11) is 0. The fourth-order valence-electron chi connectivity index (χ4n) is 5.03. The van der Waals surface area contributed by atoms with Crippen molar-refractivity contribution in [2.45, 2.75) is 51.2 Å². The van der Waals surface area contributed by atoms with Gasteiger partial charge in [-0.1, -0.05) is 25.0 Å². The van der Waals surface area contributed by atoms with Gasteiger partial charge < -0.3 is 4.74 Å². The summed E-state index contributed by atoms with van der Waals surface area (Å²) < 4.78 is 41.9. The summed E-state index contributed by atoms with van der Waals surface area (Å²) in [5.41, 5.74) is 4.42. The molecular formula is C27H30BrF3N6O3. The van der Waals surface area contributed by atoms with E-state index in [0.29, 0.717) is 60.8 Å². The van der Waals surface area contributed by atoms with Crippen molar-refractivity contribution in [3.05, 3.63) is 51.9 Å². The molecule has 0 bridgehead atoms. The maximum absolute atomic E-state index is 13.2. The minimum absolute atomic E-state index is 0.0135. The van der Waals surface area contributed by atoms with Crippen LogP contribution in [0.5, 0.6) is 0 Å². The third-order valence-electron chi connectivity index (χ3n) is 7.24. The van der Waals surface area contributed by atoms with E-state index >= 15 is 0 Å². The number of halogens is 4. The van der Waals surface area contributed by atoms with Gasteiger partial charge in [0.1, 0.15) is 6.07 Å². The average Bonchev–Trinajstić information content (AvgIpc) is 3.45. The van der Waals surface area contributed by atoms with E-state index < -0.39 is 12.1 Å². The summed E-state index contributed by atoms with van der Waals surface area (Å²) >= 11 is 3.44. The van der Waals surface area contributed by atoms with E-state index in [2.05, 4.69) is 41.0 Å². The molecule has 40 heavy (non-hydrogen) atoms. The fraction of sp³-hybridized carbons (Fsp3) is 0.519. The molecule has 0 unspecified atom stereocenters. The van der Waals surface area contributed by atoms with Gasteiger partial charge in [-0.2, -0.15) is 23.4 Å². The van der Waals surface area contributed by atoms with Gasteiger partial charge in [-0.3, -0.25) is 20.1 Å². The predicted molar refractivity (Wildman–Crippen MR) is 143 cm³/mol. The highest BCUT2D eigenvalue weighted by molar-refractivity contribution is 9.10. The van der Waals surface area contributed by atoms with Crippen molar-refractivity contribution in [2.75, 3.05) is 31.3 Å². The number of carbonyl (C=O) groups is 2. The number of nitriles is 1. The molecule has 214 valence electrons. The molecule has 1 aliphatic heterocycles. The van der Waals surface area contributed by atoms with Crippen molar-refractivity contribution in [2.24, 2.45) is 11.8 Å². The summed E-state index contributed by atoms with van der Waals surface area (Å²) in [5.74, 6) is -1.70. The molecule has 0 spiro atoms. The van der Waals surface area contributed by atoms with E-state index in [1.165, 1.54) is 6.20 Å². The van der Waals surface area contributed by atoms with Gasteiger partial charge in [0.15, 0.2) is 5.82 Å². The van der Waals surface area contributed by atoms with Crippen LogP contribution in [0, 0.1) is 23.2 Å². The van der Waals surface area contributed by atoms with Crippen molar-refractivity contribution in [3.8, 4) is 6.07 Å². The zero-order valence-corrected chi connectivity index (χ0v) is 23.4. The Morgan fingerprint density at radius 1 is 1.12 bits per heavy atom. The van der Waals surface area contributed by atoms with Crippen LogP contribution >= 0.6 is 15.9 Å². The summed E-state index contributed by atoms with van der Waals surface area (Å²) in [6.07, 6.45) is 2.21. The summed E-state index contributed by atoms with van der Waals surface area (Å²) in [6.45, 7) is 2.32. The maximum Gasteiger partial charge on any atom is 0.490 e. The first-order chi connectivity index (χ1) is 19.1. The van der Waals surface area contributed by atoms with Crippen LogP contribution in [0.3, 0.4) is 0 Å². The number of nitrogens with one attached hydrogen (secondary N) is 1. The molecule has 0 atom stereocenters. The smallest absolute Gasteiger partial charge is 0.459 e. The number of hydrogen-bond acceptors (Lipinski definition) is 8. The van der Waals surface area contributed by atoms with Crippen molar-refractivity contribution in [1.82, 2.24) is 20.3 Å². The van der Waals surface area contributed by atoms with E-state index in [1.54, 1.807) is 17.1 Å². The van der Waals surface area contributed by atoms with Crippen LogP contribution in [0.4, 0.5) is 19.0 Å². The number of carbonyl (C=O) groups excluding carboxylic acids is 2. The largest absolute Gasteiger partial charge is 0.490 e. The number of aromatic nitrogens is 2. The van der Waals surface area contributed by atoms with E-state index in [9.17, 15) is 28.0 Å². The van der Waals surface area contributed by atoms with Crippen molar-refractivity contribution in [1.29, 1.82) is 5.26 Å². The van der Waals surface area contributed by atoms with Gasteiger partial charge in [0.05, 0.1) is 11.1 Å². The Balaban J connectivity index is 1.32. The molecule has 1 saturated carbocycles. The number of alkyl halides is 3. The normalized spacial score (nSPS) is 16.9. The molecule has 2 aliphatic rings. The minimum Gasteiger partial charge on any atom is -0.459 e. The van der Waals surface area contributed by atoms with Gasteiger partial charge in [0, 0.05) is 24.8 Å². The molecule has 1 N–H and O–H groups in total. The van der Waals surface area contributed by atoms with Crippen LogP contribution in [-0.2, 0) is 16.1 Å². The highest BCUT2D eigenvalue weighted by Gasteiger charge is 2.41. The SMILES string of the molecule is N#Cc1ncc(Br)c(N(CC2CCCC2)NC(=O)c2ccc(CN3CCC(COC(=O)C(F)(F)F)CC3)cc2)n1. The first-order valence-corrected chi connectivity index (χ1v) is 14.0. The van der Waals surface area contributed by atoms with Crippen LogP contribution < -0.4 is 10.4 Å². The number of ether oxygens (including phenoxy) is 1. The van der Waals surface area contributed by atoms with E-state index in [1.807, 2.05) is 18.2 Å². The third kappa shape index (κ3) is 8.14. The Labute approximate surface area is 238 Å². The fourth-order valence-corrected chi connectivity index (χ4v) is 5.44. The lowest BCUT2D eigenvalue weighted by atomic mass is 9.97. The molecule has 9 nitrogen and oxygen atoms in total. The van der Waals surface area contributed by atoms with Gasteiger partial charge in [-0.25, -0.2) is 9.78 Å². The van der Waals surface area contributed by atoms with Crippen LogP contribution in [0.2, 0.25) is 0 Å². The first-order valence-electron chi connectivity index (χ1n) is 13.2. The molecule has 13 heteroatoms. The Bertz CT molecular complexity index is 1220. The lowest BCUT2D eigenvalue weighted by molar-refractivity contribution is -0.201. The van der Waals surface area contributed by atoms with Crippen molar-refractivity contribution >= 4 is 33.6 Å². The second kappa shape index (κ2) is 13.4. The number of piperidine rings is 1. The van der Waals surface area contributed by atoms with Gasteiger partial charge >= 0.3 is 12.1 Å². The van der Waals surface area contributed by atoms with E-state index in [4.69, 9.17) is 0 Å². The quantitative estimate of drug-likeness (QED) is 0.314. The number of likely N-dealkylation sites (tertiary alicyclic amines) is 1. The van der Waals surface area contributed by atoms with Crippen molar-refractivity contribution < 1.29 is 27.5 Å². The summed E-state index contributed by atoms with van der Waals surface area (Å²) in [5, 5.41) is 10.9. The Morgan fingerprint density at radius 3 is 2.42 bits per heavy atom. The standard InChI is InChI=1S/C27H30BrF3N6O3/c28-22-14-33-23(13-32)34-24(22)37(16-18-3-1-2-4-18)35-25(38)21-7-5-19(6-8-21)15-36-11-9-20(10-12-36)17-40-26(39)27(29,30)31/h5-8,14,18,20H,1-4,9-12,15-17H2,(H,35,38). The van der Waals surface area contributed by atoms with E-state index in [0.717, 1.165) is 31.2 Å². The van der Waals surface area contributed by atoms with Crippen molar-refractivity contribution in [3.63, 3.8) is 0 Å². The number of hydrogen-bond donors (Lipinski definition) is 1. The highest BCUT2D eigenvalue weighted by atomic mass is 79.9. The van der Waals surface area contributed by atoms with Gasteiger partial charge in [0.25, 0.3) is 5.91 Å². The van der Waals surface area contributed by atoms with Crippen LogP contribution in [0.25, 0.3) is 0 Å². The Kier molecular flexibility index (Phi) is 9.97. The zero-order chi connectivity index (χ0) is 28.7. The molecule has 1 aromatic carbocycles. The van der Waals surface area contributed by atoms with Gasteiger partial charge in [-0.15, -0.1) is 0 Å². The van der Waals surface area contributed by atoms with Gasteiger partial charge in [0.2, 0.25) is 5.82 Å². The molecular weight excluding hydrogens is 593 g/mol. The number of benzene rings is 1. The van der Waals surface area contributed by atoms with E-state index in [-0.39, 0.29) is 24.3 Å². The molecule has 2 heterocycles. The second-order valence-electron chi connectivity index (χ2n) is 10.2. The molecule has 1 amide bonds. The lowest BCUT2D eigenvalue weighted by Gasteiger charge is -2.31. The molecule has 0 radical (unpaired) electrons. The maximum atomic E-state index is 13.2. The molecule has 1 aliphatic carbocycles. The second-order valence-corrected chi connectivity index (χ2v) is 11.0. The number of nitrogens with zero attached hydrogens (tertiary/aromatic N) is 5. The van der Waals surface area contributed by atoms with Crippen LogP contribution in [-0.4, -0.2) is 59.2 Å². The van der Waals surface area contributed by atoms with Gasteiger partial charge in [-0.05, 0) is 84.2 Å². The lowest BCUT2D eigenvalue weighted by Crippen LogP contribution is -2.45. The molecule has 2 aromatic rings. The summed E-state index contributed by atoms with van der Waals surface area (Å²) in [6, 6.07) is 9.19. The Hall–Kier alpha value is -3.24. The Morgan fingerprint density at radius 2 is 1.80 bits per heavy atom. The third-order valence-corrected chi connectivity index (χ3v) is 7.80. The highest BCUT2D eigenvalue weighted by Crippen LogP contribution is 2.29. The topological polar surface area (TPSA) is 111 Å². The first kappa shape index (κ1) is 29.7. The summed E-state index contributed by atoms with van der Waals surface area (Å²) in [4.78, 5) is 34.6. The average molecular weight is 623 g/mol. The molecule has 1 aromatic heterocycles. The number of anilines is 1. The molecule has 1 saturated heterocycles. The van der Waals surface area contributed by atoms with Crippen LogP contribution in [0.15, 0.2) is 34.9 Å². The molecule has 2 fully saturated rings. The minimum atomic E-state index is -4.97.